The summed E-state index contributed by atoms with van der Waals surface area (Å²) in [7, 11) is 0. The van der Waals surface area contributed by atoms with E-state index in [2.05, 4.69) is 15.7 Å². The van der Waals surface area contributed by atoms with Crippen LogP contribution in [0.25, 0.3) is 5.69 Å². The van der Waals surface area contributed by atoms with Gasteiger partial charge >= 0.3 is 6.03 Å². The molecule has 3 N–H and O–H groups in total. The number of halogens is 1. The number of carbonyl (C=O) groups excluding carboxylic acids is 1. The van der Waals surface area contributed by atoms with Crippen molar-refractivity contribution in [2.75, 3.05) is 10.6 Å². The molecule has 6 nitrogen and oxygen atoms in total. The highest BCUT2D eigenvalue weighted by molar-refractivity contribution is 6.30. The van der Waals surface area contributed by atoms with Gasteiger partial charge in [0, 0.05) is 28.3 Å². The van der Waals surface area contributed by atoms with Crippen molar-refractivity contribution in [1.82, 2.24) is 9.78 Å². The average Bonchev–Trinajstić information content (AvgIpc) is 3.01. The Morgan fingerprint density at radius 2 is 1.78 bits per heavy atom. The van der Waals surface area contributed by atoms with Gasteiger partial charge in [0.1, 0.15) is 11.6 Å². The van der Waals surface area contributed by atoms with Crippen LogP contribution in [0.5, 0.6) is 5.75 Å². The van der Waals surface area contributed by atoms with Gasteiger partial charge < -0.3 is 10.4 Å². The summed E-state index contributed by atoms with van der Waals surface area (Å²) in [6.07, 6.45) is 0. The number of nitrogens with zero attached hydrogens (tertiary/aromatic N) is 2. The number of amides is 2. The van der Waals surface area contributed by atoms with E-state index in [1.807, 2.05) is 26.8 Å². The number of anilines is 2. The van der Waals surface area contributed by atoms with Crippen molar-refractivity contribution in [1.29, 1.82) is 0 Å². The molecule has 0 aliphatic carbocycles. The predicted octanol–water partition coefficient (Wildman–Crippen LogP) is 5.17. The summed E-state index contributed by atoms with van der Waals surface area (Å²) in [6.45, 7) is 6.12. The summed E-state index contributed by atoms with van der Waals surface area (Å²) in [5, 5.41) is 20.6. The normalized spacial score (nSPS) is 11.3. The minimum atomic E-state index is -0.404. The van der Waals surface area contributed by atoms with Crippen molar-refractivity contribution in [2.45, 2.75) is 26.2 Å². The lowest BCUT2D eigenvalue weighted by molar-refractivity contribution is 0.262. The van der Waals surface area contributed by atoms with Crippen molar-refractivity contribution in [2.24, 2.45) is 0 Å². The second kappa shape index (κ2) is 7.32. The van der Waals surface area contributed by atoms with Crippen LogP contribution in [0.1, 0.15) is 26.5 Å². The van der Waals surface area contributed by atoms with Crippen LogP contribution in [-0.4, -0.2) is 20.9 Å². The molecule has 0 saturated heterocycles. The van der Waals surface area contributed by atoms with Gasteiger partial charge in [0.05, 0.1) is 11.4 Å². The summed E-state index contributed by atoms with van der Waals surface area (Å²) in [5.41, 5.74) is 1.88. The second-order valence-corrected chi connectivity index (χ2v) is 7.62. The Morgan fingerprint density at radius 3 is 2.41 bits per heavy atom. The lowest BCUT2D eigenvalue weighted by Gasteiger charge is -2.14. The second-order valence-electron chi connectivity index (χ2n) is 7.18. The van der Waals surface area contributed by atoms with Crippen LogP contribution in [0.3, 0.4) is 0 Å². The SMILES string of the molecule is CC(C)(C)c1cc(NC(=O)Nc2ccc(Cl)cc2)n(-c2cccc(O)c2)n1. The number of hydrogen-bond acceptors (Lipinski definition) is 3. The van der Waals surface area contributed by atoms with E-state index >= 15 is 0 Å². The summed E-state index contributed by atoms with van der Waals surface area (Å²) < 4.78 is 1.60. The van der Waals surface area contributed by atoms with Crippen molar-refractivity contribution in [3.05, 3.63) is 65.3 Å². The van der Waals surface area contributed by atoms with Crippen molar-refractivity contribution < 1.29 is 9.90 Å². The van der Waals surface area contributed by atoms with Crippen LogP contribution in [-0.2, 0) is 5.41 Å². The molecule has 0 aliphatic heterocycles. The quantitative estimate of drug-likeness (QED) is 0.582. The first-order valence-electron chi connectivity index (χ1n) is 8.46. The largest absolute Gasteiger partial charge is 0.508 e. The Kier molecular flexibility index (Phi) is 5.10. The highest BCUT2D eigenvalue weighted by Crippen LogP contribution is 2.27. The molecule has 0 unspecified atom stereocenters. The summed E-state index contributed by atoms with van der Waals surface area (Å²) in [6, 6.07) is 15.0. The van der Waals surface area contributed by atoms with Crippen LogP contribution in [0.2, 0.25) is 5.02 Å². The minimum Gasteiger partial charge on any atom is -0.508 e. The van der Waals surface area contributed by atoms with Crippen molar-refractivity contribution in [3.8, 4) is 11.4 Å². The van der Waals surface area contributed by atoms with E-state index in [0.29, 0.717) is 22.2 Å². The monoisotopic (exact) mass is 384 g/mol. The molecule has 0 fully saturated rings. The van der Waals surface area contributed by atoms with Gasteiger partial charge in [-0.15, -0.1) is 0 Å². The van der Waals surface area contributed by atoms with E-state index in [0.717, 1.165) is 5.69 Å². The third-order valence-electron chi connectivity index (χ3n) is 3.90. The van der Waals surface area contributed by atoms with Crippen LogP contribution >= 0.6 is 11.6 Å². The van der Waals surface area contributed by atoms with Crippen LogP contribution in [0.15, 0.2) is 54.6 Å². The minimum absolute atomic E-state index is 0.122. The molecule has 1 aromatic heterocycles. The maximum absolute atomic E-state index is 12.4. The highest BCUT2D eigenvalue weighted by Gasteiger charge is 2.21. The number of urea groups is 1. The number of phenols is 1. The summed E-state index contributed by atoms with van der Waals surface area (Å²) >= 11 is 5.86. The fourth-order valence-corrected chi connectivity index (χ4v) is 2.60. The van der Waals surface area contributed by atoms with E-state index in [9.17, 15) is 9.90 Å². The van der Waals surface area contributed by atoms with Crippen molar-refractivity contribution in [3.63, 3.8) is 0 Å². The number of aromatic hydroxyl groups is 1. The molecule has 0 radical (unpaired) electrons. The van der Waals surface area contributed by atoms with E-state index in [1.165, 1.54) is 0 Å². The fraction of sp³-hybridized carbons (Fsp3) is 0.200. The number of aromatic nitrogens is 2. The molecule has 0 atom stereocenters. The van der Waals surface area contributed by atoms with Gasteiger partial charge in [-0.1, -0.05) is 38.4 Å². The molecule has 0 spiro atoms. The highest BCUT2D eigenvalue weighted by atomic mass is 35.5. The van der Waals surface area contributed by atoms with Gasteiger partial charge in [0.15, 0.2) is 0 Å². The Labute approximate surface area is 162 Å². The molecule has 140 valence electrons. The lowest BCUT2D eigenvalue weighted by atomic mass is 9.92. The van der Waals surface area contributed by atoms with E-state index in [1.54, 1.807) is 53.2 Å². The van der Waals surface area contributed by atoms with Crippen LogP contribution in [0.4, 0.5) is 16.3 Å². The van der Waals surface area contributed by atoms with Gasteiger partial charge in [0.2, 0.25) is 0 Å². The van der Waals surface area contributed by atoms with Gasteiger partial charge in [-0.25, -0.2) is 9.48 Å². The van der Waals surface area contributed by atoms with Gasteiger partial charge in [-0.2, -0.15) is 5.10 Å². The Hall–Kier alpha value is -2.99. The lowest BCUT2D eigenvalue weighted by Crippen LogP contribution is -2.21. The number of nitrogens with one attached hydrogen (secondary N) is 2. The van der Waals surface area contributed by atoms with E-state index in [-0.39, 0.29) is 11.2 Å². The first kappa shape index (κ1) is 18.8. The van der Waals surface area contributed by atoms with Gasteiger partial charge in [0.25, 0.3) is 0 Å². The fourth-order valence-electron chi connectivity index (χ4n) is 2.47. The first-order chi connectivity index (χ1) is 12.7. The number of benzene rings is 2. The molecule has 0 saturated carbocycles. The zero-order valence-corrected chi connectivity index (χ0v) is 16.1. The molecule has 27 heavy (non-hydrogen) atoms. The van der Waals surface area contributed by atoms with Gasteiger partial charge in [-0.3, -0.25) is 5.32 Å². The zero-order chi connectivity index (χ0) is 19.6. The smallest absolute Gasteiger partial charge is 0.324 e. The Morgan fingerprint density at radius 1 is 1.07 bits per heavy atom. The molecule has 0 aliphatic rings. The molecule has 7 heteroatoms. The molecular formula is C20H21ClN4O2. The molecule has 3 rings (SSSR count). The number of rotatable bonds is 3. The maximum Gasteiger partial charge on any atom is 0.324 e. The van der Waals surface area contributed by atoms with Crippen LogP contribution < -0.4 is 10.6 Å². The van der Waals surface area contributed by atoms with E-state index < -0.39 is 6.03 Å². The number of phenolic OH excluding ortho intramolecular Hbond substituents is 1. The number of carbonyl (C=O) groups is 1. The third-order valence-corrected chi connectivity index (χ3v) is 4.15. The standard InChI is InChI=1S/C20H21ClN4O2/c1-20(2,3)17-12-18(25(24-17)15-5-4-6-16(26)11-15)23-19(27)22-14-9-7-13(21)8-10-14/h4-12,26H,1-3H3,(H2,22,23,27). The zero-order valence-electron chi connectivity index (χ0n) is 15.3. The third kappa shape index (κ3) is 4.60. The maximum atomic E-state index is 12.4. The molecular weight excluding hydrogens is 364 g/mol. The van der Waals surface area contributed by atoms with Crippen molar-refractivity contribution >= 4 is 29.1 Å². The molecule has 2 aromatic carbocycles. The first-order valence-corrected chi connectivity index (χ1v) is 8.84. The topological polar surface area (TPSA) is 79.2 Å². The Balaban J connectivity index is 1.90. The van der Waals surface area contributed by atoms with Crippen LogP contribution in [0, 0.1) is 0 Å². The molecule has 1 heterocycles. The summed E-state index contributed by atoms with van der Waals surface area (Å²) in [5.74, 6) is 0.619. The number of hydrogen-bond donors (Lipinski definition) is 3. The summed E-state index contributed by atoms with van der Waals surface area (Å²) in [4.78, 5) is 12.4. The molecule has 0 bridgehead atoms. The molecule has 2 amide bonds. The van der Waals surface area contributed by atoms with E-state index in [4.69, 9.17) is 11.6 Å². The average molecular weight is 385 g/mol. The van der Waals surface area contributed by atoms with Gasteiger partial charge in [-0.05, 0) is 36.4 Å². The molecule has 3 aromatic rings. The Bertz CT molecular complexity index is 959. The predicted molar refractivity (Wildman–Crippen MR) is 108 cm³/mol.